The van der Waals surface area contributed by atoms with Gasteiger partial charge in [0, 0.05) is 19.2 Å². The summed E-state index contributed by atoms with van der Waals surface area (Å²) in [6.07, 6.45) is 1.35. The van der Waals surface area contributed by atoms with E-state index in [0.717, 1.165) is 11.1 Å². The molecule has 0 aliphatic carbocycles. The molecule has 0 aliphatic rings. The molecule has 2 atom stereocenters. The number of carbonyl (C=O) groups is 2. The molecule has 3 aromatic rings. The number of amides is 1. The summed E-state index contributed by atoms with van der Waals surface area (Å²) in [4.78, 5) is 33.3. The summed E-state index contributed by atoms with van der Waals surface area (Å²) in [6.45, 7) is 5.44. The molecule has 3 rings (SSSR count). The lowest BCUT2D eigenvalue weighted by atomic mass is 10.1. The Morgan fingerprint density at radius 2 is 1.85 bits per heavy atom. The van der Waals surface area contributed by atoms with Crippen LogP contribution in [0.1, 0.15) is 42.9 Å². The lowest BCUT2D eigenvalue weighted by Crippen LogP contribution is -2.32. The third-order valence-electron chi connectivity index (χ3n) is 5.09. The quantitative estimate of drug-likeness (QED) is 0.456. The molecule has 0 saturated heterocycles. The van der Waals surface area contributed by atoms with E-state index in [1.54, 1.807) is 13.8 Å². The van der Waals surface area contributed by atoms with Crippen LogP contribution >= 0.6 is 0 Å². The largest absolute Gasteiger partial charge is 0.387 e. The number of benzene rings is 2. The molecule has 1 amide bonds. The fourth-order valence-electron chi connectivity index (χ4n) is 3.25. The van der Waals surface area contributed by atoms with Gasteiger partial charge in [-0.15, -0.1) is 5.06 Å². The maximum Gasteiger partial charge on any atom is 0.322 e. The first kappa shape index (κ1) is 24.1. The number of carbonyl (C=O) groups excluding carboxylic acids is 2. The second kappa shape index (κ2) is 11.3. The predicted octanol–water partition coefficient (Wildman–Crippen LogP) is 2.84. The van der Waals surface area contributed by atoms with E-state index in [9.17, 15) is 14.7 Å². The van der Waals surface area contributed by atoms with Gasteiger partial charge in [0.25, 0.3) is 0 Å². The normalized spacial score (nSPS) is 12.9. The number of hydrogen-bond acceptors (Lipinski definition) is 7. The molecule has 174 valence electrons. The Labute approximate surface area is 193 Å². The van der Waals surface area contributed by atoms with Crippen LogP contribution in [0.3, 0.4) is 0 Å². The monoisotopic (exact) mass is 451 g/mol. The van der Waals surface area contributed by atoms with Gasteiger partial charge in [-0.25, -0.2) is 9.67 Å². The smallest absolute Gasteiger partial charge is 0.322 e. The minimum atomic E-state index is -0.779. The molecule has 9 nitrogen and oxygen atoms in total. The molecule has 2 unspecified atom stereocenters. The van der Waals surface area contributed by atoms with Crippen molar-refractivity contribution in [2.45, 2.75) is 39.3 Å². The maximum absolute atomic E-state index is 12.5. The van der Waals surface area contributed by atoms with E-state index >= 15 is 0 Å². The van der Waals surface area contributed by atoms with Crippen LogP contribution in [0.5, 0.6) is 0 Å². The van der Waals surface area contributed by atoms with Crippen molar-refractivity contribution >= 4 is 17.6 Å². The first-order valence-electron chi connectivity index (χ1n) is 10.8. The number of aliphatic hydroxyl groups is 1. The average Bonchev–Trinajstić information content (AvgIpc) is 3.24. The zero-order chi connectivity index (χ0) is 23.8. The zero-order valence-electron chi connectivity index (χ0n) is 19.0. The summed E-state index contributed by atoms with van der Waals surface area (Å²) >= 11 is 0. The van der Waals surface area contributed by atoms with Crippen LogP contribution in [0, 0.1) is 6.92 Å². The van der Waals surface area contributed by atoms with Crippen molar-refractivity contribution in [1.82, 2.24) is 19.8 Å². The van der Waals surface area contributed by atoms with Crippen molar-refractivity contribution in [2.75, 3.05) is 18.4 Å². The zero-order valence-corrected chi connectivity index (χ0v) is 19.0. The Hall–Kier alpha value is -3.56. The third-order valence-corrected chi connectivity index (χ3v) is 5.09. The Kier molecular flexibility index (Phi) is 8.28. The van der Waals surface area contributed by atoms with Gasteiger partial charge in [0.05, 0.1) is 12.6 Å². The molecule has 0 spiro atoms. The van der Waals surface area contributed by atoms with Gasteiger partial charge in [0.15, 0.2) is 0 Å². The average molecular weight is 452 g/mol. The first-order chi connectivity index (χ1) is 15.8. The second-order valence-corrected chi connectivity index (χ2v) is 7.78. The standard InChI is InChI=1S/C24H29N5O4/c1-17(29-16-25-18(2)27-29)24(32)26-22-11-9-20(10-12-22)13-14-28(33-19(3)30)15-23(31)21-7-5-4-6-8-21/h4-12,16-17,23,31H,13-15H2,1-3H3,(H,26,32). The van der Waals surface area contributed by atoms with E-state index in [1.165, 1.54) is 23.0 Å². The highest BCUT2D eigenvalue weighted by molar-refractivity contribution is 5.93. The van der Waals surface area contributed by atoms with Crippen molar-refractivity contribution < 1.29 is 19.5 Å². The molecule has 0 bridgehead atoms. The molecule has 0 fully saturated rings. The summed E-state index contributed by atoms with van der Waals surface area (Å²) in [5.41, 5.74) is 2.42. The van der Waals surface area contributed by atoms with Gasteiger partial charge in [-0.05, 0) is 43.5 Å². The molecule has 9 heteroatoms. The number of aromatic nitrogens is 3. The number of aryl methyl sites for hydroxylation is 1. The van der Waals surface area contributed by atoms with Crippen LogP contribution in [0.15, 0.2) is 60.9 Å². The summed E-state index contributed by atoms with van der Waals surface area (Å²) in [6, 6.07) is 16.2. The number of anilines is 1. The van der Waals surface area contributed by atoms with Crippen LogP contribution in [-0.2, 0) is 20.8 Å². The fourth-order valence-corrected chi connectivity index (χ4v) is 3.25. The molecule has 0 aliphatic heterocycles. The number of nitrogens with zero attached hydrogens (tertiary/aromatic N) is 4. The molecular weight excluding hydrogens is 422 g/mol. The summed E-state index contributed by atoms with van der Waals surface area (Å²) in [5, 5.41) is 19.0. The van der Waals surface area contributed by atoms with Gasteiger partial charge in [0.1, 0.15) is 18.2 Å². The summed E-state index contributed by atoms with van der Waals surface area (Å²) in [5.74, 6) is -0.0216. The minimum Gasteiger partial charge on any atom is -0.387 e. The van der Waals surface area contributed by atoms with Crippen LogP contribution < -0.4 is 5.32 Å². The minimum absolute atomic E-state index is 0.164. The maximum atomic E-state index is 12.5. The number of nitrogens with one attached hydrogen (secondary N) is 1. The number of aliphatic hydroxyl groups excluding tert-OH is 1. The van der Waals surface area contributed by atoms with E-state index in [2.05, 4.69) is 15.4 Å². The summed E-state index contributed by atoms with van der Waals surface area (Å²) in [7, 11) is 0. The van der Waals surface area contributed by atoms with Gasteiger partial charge in [-0.2, -0.15) is 5.10 Å². The van der Waals surface area contributed by atoms with Crippen LogP contribution in [0.2, 0.25) is 0 Å². The van der Waals surface area contributed by atoms with Crippen molar-refractivity contribution in [3.05, 3.63) is 77.9 Å². The van der Waals surface area contributed by atoms with Gasteiger partial charge in [-0.3, -0.25) is 9.59 Å². The second-order valence-electron chi connectivity index (χ2n) is 7.78. The van der Waals surface area contributed by atoms with Crippen LogP contribution in [-0.4, -0.2) is 49.9 Å². The summed E-state index contributed by atoms with van der Waals surface area (Å²) < 4.78 is 1.52. The molecule has 1 heterocycles. The molecule has 33 heavy (non-hydrogen) atoms. The van der Waals surface area contributed by atoms with Gasteiger partial charge >= 0.3 is 5.97 Å². The van der Waals surface area contributed by atoms with Crippen molar-refractivity contribution in [1.29, 1.82) is 0 Å². The van der Waals surface area contributed by atoms with E-state index < -0.39 is 18.1 Å². The highest BCUT2D eigenvalue weighted by atomic mass is 16.7. The Morgan fingerprint density at radius 3 is 2.45 bits per heavy atom. The van der Waals surface area contributed by atoms with Crippen molar-refractivity contribution in [3.63, 3.8) is 0 Å². The third kappa shape index (κ3) is 7.23. The van der Waals surface area contributed by atoms with Crippen LogP contribution in [0.4, 0.5) is 5.69 Å². The van der Waals surface area contributed by atoms with Crippen molar-refractivity contribution in [2.24, 2.45) is 0 Å². The topological polar surface area (TPSA) is 110 Å². The Balaban J connectivity index is 1.54. The highest BCUT2D eigenvalue weighted by Crippen LogP contribution is 2.16. The molecular formula is C24H29N5O4. The van der Waals surface area contributed by atoms with E-state index in [-0.39, 0.29) is 12.5 Å². The number of hydroxylamine groups is 2. The van der Waals surface area contributed by atoms with E-state index in [1.807, 2.05) is 54.6 Å². The lowest BCUT2D eigenvalue weighted by molar-refractivity contribution is -0.193. The molecule has 2 aromatic carbocycles. The van der Waals surface area contributed by atoms with Crippen molar-refractivity contribution in [3.8, 4) is 0 Å². The number of rotatable bonds is 10. The predicted molar refractivity (Wildman–Crippen MR) is 123 cm³/mol. The molecule has 0 saturated carbocycles. The van der Waals surface area contributed by atoms with E-state index in [4.69, 9.17) is 4.84 Å². The Bertz CT molecular complexity index is 1050. The molecule has 2 N–H and O–H groups in total. The molecule has 1 aromatic heterocycles. The van der Waals surface area contributed by atoms with Gasteiger partial charge in [0.2, 0.25) is 5.91 Å². The Morgan fingerprint density at radius 1 is 1.15 bits per heavy atom. The lowest BCUT2D eigenvalue weighted by Gasteiger charge is -2.23. The van der Waals surface area contributed by atoms with Crippen LogP contribution in [0.25, 0.3) is 0 Å². The molecule has 0 radical (unpaired) electrons. The first-order valence-corrected chi connectivity index (χ1v) is 10.8. The van der Waals surface area contributed by atoms with E-state index in [0.29, 0.717) is 24.5 Å². The SMILES string of the molecule is CC(=O)ON(CCc1ccc(NC(=O)C(C)n2cnc(C)n2)cc1)CC(O)c1ccccc1. The fraction of sp³-hybridized carbons (Fsp3) is 0.333. The highest BCUT2D eigenvalue weighted by Gasteiger charge is 2.18. The van der Waals surface area contributed by atoms with Gasteiger partial charge < -0.3 is 15.3 Å². The van der Waals surface area contributed by atoms with Gasteiger partial charge in [-0.1, -0.05) is 42.5 Å². The number of hydrogen-bond donors (Lipinski definition) is 2.